The number of hydrogen-bond donors (Lipinski definition) is 1. The van der Waals surface area contributed by atoms with Crippen LogP contribution in [0.25, 0.3) is 0 Å². The van der Waals surface area contributed by atoms with Gasteiger partial charge in [0, 0.05) is 19.6 Å². The second kappa shape index (κ2) is 3.50. The summed E-state index contributed by atoms with van der Waals surface area (Å²) in [6.07, 6.45) is 3.08. The second-order valence-corrected chi connectivity index (χ2v) is 4.68. The lowest BCUT2D eigenvalue weighted by atomic mass is 10.1. The molecule has 0 aromatic carbocycles. The average Bonchev–Trinajstić information content (AvgIpc) is 2.45. The van der Waals surface area contributed by atoms with Crippen LogP contribution in [0.4, 0.5) is 0 Å². The summed E-state index contributed by atoms with van der Waals surface area (Å²) in [6.45, 7) is 4.31. The van der Waals surface area contributed by atoms with Crippen molar-refractivity contribution >= 4 is 0 Å². The summed E-state index contributed by atoms with van der Waals surface area (Å²) in [5.74, 6) is 0. The molecule has 0 amide bonds. The van der Waals surface area contributed by atoms with Crippen molar-refractivity contribution in [3.63, 3.8) is 0 Å². The van der Waals surface area contributed by atoms with Crippen molar-refractivity contribution in [3.8, 4) is 6.07 Å². The van der Waals surface area contributed by atoms with Gasteiger partial charge in [-0.2, -0.15) is 5.26 Å². The zero-order valence-electron chi connectivity index (χ0n) is 8.57. The first-order valence-electron chi connectivity index (χ1n) is 5.17. The highest BCUT2D eigenvalue weighted by Crippen LogP contribution is 2.26. The first-order valence-corrected chi connectivity index (χ1v) is 5.17. The van der Waals surface area contributed by atoms with Crippen LogP contribution < -0.4 is 5.73 Å². The van der Waals surface area contributed by atoms with E-state index in [-0.39, 0.29) is 0 Å². The summed E-state index contributed by atoms with van der Waals surface area (Å²) in [6, 6.07) is 2.13. The van der Waals surface area contributed by atoms with E-state index in [0.29, 0.717) is 18.8 Å². The van der Waals surface area contributed by atoms with E-state index >= 15 is 0 Å². The highest BCUT2D eigenvalue weighted by atomic mass is 16.5. The molecule has 0 aliphatic carbocycles. The van der Waals surface area contributed by atoms with Crippen molar-refractivity contribution in [1.29, 1.82) is 5.26 Å². The lowest BCUT2D eigenvalue weighted by molar-refractivity contribution is -0.0413. The van der Waals surface area contributed by atoms with Gasteiger partial charge < -0.3 is 10.5 Å². The van der Waals surface area contributed by atoms with Crippen molar-refractivity contribution in [3.05, 3.63) is 0 Å². The van der Waals surface area contributed by atoms with Gasteiger partial charge in [0.15, 0.2) is 0 Å². The standard InChI is InChI=1S/C10H17N3O/c1-10(12,6-11)7-13-4-8-2-3-9(5-13)14-8/h8-9H,2-5,7,12H2,1H3. The van der Waals surface area contributed by atoms with E-state index < -0.39 is 5.54 Å². The molecule has 2 bridgehead atoms. The molecular weight excluding hydrogens is 178 g/mol. The number of fused-ring (bicyclic) bond motifs is 2. The van der Waals surface area contributed by atoms with Crippen molar-refractivity contribution in [2.75, 3.05) is 19.6 Å². The van der Waals surface area contributed by atoms with Crippen molar-refractivity contribution in [1.82, 2.24) is 4.90 Å². The predicted molar refractivity (Wildman–Crippen MR) is 52.5 cm³/mol. The van der Waals surface area contributed by atoms with Crippen molar-refractivity contribution < 1.29 is 4.74 Å². The first-order chi connectivity index (χ1) is 6.59. The minimum absolute atomic E-state index is 0.378. The molecule has 3 atom stereocenters. The molecule has 2 aliphatic rings. The summed E-state index contributed by atoms with van der Waals surface area (Å²) in [5.41, 5.74) is 5.09. The van der Waals surface area contributed by atoms with E-state index in [1.165, 1.54) is 0 Å². The normalized spacial score (nSPS) is 36.4. The van der Waals surface area contributed by atoms with E-state index in [1.807, 2.05) is 0 Å². The van der Waals surface area contributed by atoms with E-state index in [4.69, 9.17) is 15.7 Å². The lowest BCUT2D eigenvalue weighted by Crippen LogP contribution is -2.52. The molecule has 0 radical (unpaired) electrons. The molecule has 0 aromatic rings. The number of nitrogens with zero attached hydrogens (tertiary/aromatic N) is 2. The van der Waals surface area contributed by atoms with Gasteiger partial charge in [-0.1, -0.05) is 0 Å². The van der Waals surface area contributed by atoms with Crippen LogP contribution >= 0.6 is 0 Å². The van der Waals surface area contributed by atoms with E-state index in [9.17, 15) is 0 Å². The SMILES string of the molecule is CC(N)(C#N)CN1CC2CCC(C1)O2. The Morgan fingerprint density at radius 1 is 1.50 bits per heavy atom. The van der Waals surface area contributed by atoms with Crippen LogP contribution in [0.1, 0.15) is 19.8 Å². The molecule has 0 spiro atoms. The van der Waals surface area contributed by atoms with Gasteiger partial charge in [0.05, 0.1) is 18.3 Å². The Hall–Kier alpha value is -0.630. The summed E-state index contributed by atoms with van der Waals surface area (Å²) in [7, 11) is 0. The van der Waals surface area contributed by atoms with E-state index in [2.05, 4.69) is 11.0 Å². The summed E-state index contributed by atoms with van der Waals surface area (Å²) in [4.78, 5) is 2.26. The van der Waals surface area contributed by atoms with Crippen LogP contribution in [0, 0.1) is 11.3 Å². The number of likely N-dealkylation sites (tertiary alicyclic amines) is 1. The smallest absolute Gasteiger partial charge is 0.114 e. The Labute approximate surface area is 84.6 Å². The third kappa shape index (κ3) is 2.06. The maximum Gasteiger partial charge on any atom is 0.114 e. The van der Waals surface area contributed by atoms with Gasteiger partial charge in [-0.25, -0.2) is 0 Å². The minimum atomic E-state index is -0.725. The van der Waals surface area contributed by atoms with Gasteiger partial charge in [-0.05, 0) is 19.8 Å². The Morgan fingerprint density at radius 2 is 2.07 bits per heavy atom. The predicted octanol–water partition coefficient (Wildman–Crippen LogP) is 0.0906. The molecule has 78 valence electrons. The molecule has 2 N–H and O–H groups in total. The van der Waals surface area contributed by atoms with Crippen LogP contribution in [-0.4, -0.2) is 42.3 Å². The molecule has 2 aliphatic heterocycles. The fourth-order valence-electron chi connectivity index (χ4n) is 2.33. The Bertz CT molecular complexity index is 247. The molecular formula is C10H17N3O. The molecule has 14 heavy (non-hydrogen) atoms. The fourth-order valence-corrected chi connectivity index (χ4v) is 2.33. The van der Waals surface area contributed by atoms with E-state index in [1.54, 1.807) is 6.92 Å². The Kier molecular flexibility index (Phi) is 2.48. The lowest BCUT2D eigenvalue weighted by Gasteiger charge is -2.34. The maximum absolute atomic E-state index is 8.84. The molecule has 2 rings (SSSR count). The number of nitriles is 1. The monoisotopic (exact) mass is 195 g/mol. The molecule has 3 unspecified atom stereocenters. The van der Waals surface area contributed by atoms with Gasteiger partial charge in [0.1, 0.15) is 5.54 Å². The summed E-state index contributed by atoms with van der Waals surface area (Å²) in [5, 5.41) is 8.84. The molecule has 2 saturated heterocycles. The number of morpholine rings is 1. The van der Waals surface area contributed by atoms with Crippen LogP contribution in [0.3, 0.4) is 0 Å². The minimum Gasteiger partial charge on any atom is -0.372 e. The van der Waals surface area contributed by atoms with Gasteiger partial charge in [0.2, 0.25) is 0 Å². The van der Waals surface area contributed by atoms with Gasteiger partial charge in [-0.3, -0.25) is 4.90 Å². The van der Waals surface area contributed by atoms with Gasteiger partial charge in [-0.15, -0.1) is 0 Å². The van der Waals surface area contributed by atoms with Crippen LogP contribution in [0.2, 0.25) is 0 Å². The number of ether oxygens (including phenoxy) is 1. The van der Waals surface area contributed by atoms with Gasteiger partial charge >= 0.3 is 0 Å². The fraction of sp³-hybridized carbons (Fsp3) is 0.900. The Balaban J connectivity index is 1.91. The zero-order chi connectivity index (χ0) is 10.2. The second-order valence-electron chi connectivity index (χ2n) is 4.68. The number of hydrogen-bond acceptors (Lipinski definition) is 4. The van der Waals surface area contributed by atoms with E-state index in [0.717, 1.165) is 25.9 Å². The van der Waals surface area contributed by atoms with Crippen LogP contribution in [-0.2, 0) is 4.74 Å². The third-order valence-electron chi connectivity index (χ3n) is 2.93. The average molecular weight is 195 g/mol. The molecule has 0 aromatic heterocycles. The highest BCUT2D eigenvalue weighted by Gasteiger charge is 2.35. The largest absolute Gasteiger partial charge is 0.372 e. The van der Waals surface area contributed by atoms with Crippen molar-refractivity contribution in [2.24, 2.45) is 5.73 Å². The topological polar surface area (TPSA) is 62.3 Å². The molecule has 2 heterocycles. The van der Waals surface area contributed by atoms with Crippen LogP contribution in [0.5, 0.6) is 0 Å². The first kappa shape index (κ1) is 9.91. The number of nitrogens with two attached hydrogens (primary N) is 1. The molecule has 4 nitrogen and oxygen atoms in total. The Morgan fingerprint density at radius 3 is 2.57 bits per heavy atom. The van der Waals surface area contributed by atoms with Gasteiger partial charge in [0.25, 0.3) is 0 Å². The summed E-state index contributed by atoms with van der Waals surface area (Å²) >= 11 is 0. The summed E-state index contributed by atoms with van der Waals surface area (Å²) < 4.78 is 5.71. The molecule has 0 saturated carbocycles. The zero-order valence-corrected chi connectivity index (χ0v) is 8.57. The highest BCUT2D eigenvalue weighted by molar-refractivity contribution is 5.04. The van der Waals surface area contributed by atoms with Crippen LogP contribution in [0.15, 0.2) is 0 Å². The maximum atomic E-state index is 8.84. The number of rotatable bonds is 2. The van der Waals surface area contributed by atoms with Crippen molar-refractivity contribution in [2.45, 2.75) is 37.5 Å². The third-order valence-corrected chi connectivity index (χ3v) is 2.93. The molecule has 2 fully saturated rings. The quantitative estimate of drug-likeness (QED) is 0.678. The molecule has 4 heteroatoms.